The van der Waals surface area contributed by atoms with E-state index in [1.165, 1.54) is 0 Å². The molecule has 0 radical (unpaired) electrons. The summed E-state index contributed by atoms with van der Waals surface area (Å²) in [6.07, 6.45) is 8.94. The molecule has 0 unspecified atom stereocenters. The van der Waals surface area contributed by atoms with E-state index in [2.05, 4.69) is 27.1 Å². The van der Waals surface area contributed by atoms with Crippen molar-refractivity contribution in [1.29, 1.82) is 0 Å². The molecular formula is C36H61N2O8+. The van der Waals surface area contributed by atoms with Crippen LogP contribution in [0.15, 0.2) is 36.0 Å². The molecule has 0 bridgehead atoms. The number of likely N-dealkylation sites (N-methyl/N-ethyl adjacent to an activating group) is 1. The highest BCUT2D eigenvalue weighted by Crippen LogP contribution is 2.36. The monoisotopic (exact) mass is 649 g/mol. The van der Waals surface area contributed by atoms with E-state index in [0.717, 1.165) is 36.0 Å². The van der Waals surface area contributed by atoms with Crippen LogP contribution < -0.4 is 0 Å². The Kier molecular flexibility index (Phi) is 13.9. The zero-order valence-electron chi connectivity index (χ0n) is 29.4. The molecule has 3 aliphatic rings. The topological polar surface area (TPSA) is 129 Å². The first-order chi connectivity index (χ1) is 21.5. The third kappa shape index (κ3) is 11.5. The van der Waals surface area contributed by atoms with E-state index in [-0.39, 0.29) is 55.3 Å². The number of quaternary nitrogens is 1. The number of esters is 1. The first kappa shape index (κ1) is 38.2. The summed E-state index contributed by atoms with van der Waals surface area (Å²) in [7, 11) is 4.30. The van der Waals surface area contributed by atoms with Crippen LogP contribution in [0.25, 0.3) is 0 Å². The van der Waals surface area contributed by atoms with Crippen LogP contribution in [0.4, 0.5) is 4.79 Å². The molecule has 0 saturated carbocycles. The van der Waals surface area contributed by atoms with Gasteiger partial charge in [-0.3, -0.25) is 4.79 Å². The van der Waals surface area contributed by atoms with E-state index in [0.29, 0.717) is 19.5 Å². The summed E-state index contributed by atoms with van der Waals surface area (Å²) in [6.45, 7) is 14.5. The molecule has 0 spiro atoms. The van der Waals surface area contributed by atoms with Gasteiger partial charge in [0.25, 0.3) is 0 Å². The van der Waals surface area contributed by atoms with Crippen molar-refractivity contribution in [3.05, 3.63) is 36.0 Å². The van der Waals surface area contributed by atoms with Gasteiger partial charge in [-0.2, -0.15) is 0 Å². The maximum Gasteiger partial charge on any atom is 0.410 e. The molecule has 0 aromatic carbocycles. The summed E-state index contributed by atoms with van der Waals surface area (Å²) in [5, 5.41) is 32.2. The second kappa shape index (κ2) is 16.7. The molecule has 0 aliphatic carbocycles. The molecular weight excluding hydrogens is 588 g/mol. The van der Waals surface area contributed by atoms with Crippen molar-refractivity contribution in [3.63, 3.8) is 0 Å². The van der Waals surface area contributed by atoms with Crippen LogP contribution in [0.5, 0.6) is 0 Å². The maximum atomic E-state index is 13.3. The summed E-state index contributed by atoms with van der Waals surface area (Å²) >= 11 is 0. The highest BCUT2D eigenvalue weighted by atomic mass is 16.6. The maximum absolute atomic E-state index is 13.3. The number of allylic oxidation sites excluding steroid dienone is 3. The molecule has 3 N–H and O–H groups in total. The van der Waals surface area contributed by atoms with Gasteiger partial charge in [0.1, 0.15) is 11.7 Å². The van der Waals surface area contributed by atoms with Crippen molar-refractivity contribution in [2.75, 3.05) is 40.3 Å². The van der Waals surface area contributed by atoms with Gasteiger partial charge < -0.3 is 38.9 Å². The lowest BCUT2D eigenvalue weighted by molar-refractivity contribution is -0.888. The lowest BCUT2D eigenvalue weighted by atomic mass is 9.88. The fourth-order valence-electron chi connectivity index (χ4n) is 6.46. The van der Waals surface area contributed by atoms with E-state index >= 15 is 0 Å². The van der Waals surface area contributed by atoms with E-state index in [9.17, 15) is 24.9 Å². The van der Waals surface area contributed by atoms with Crippen molar-refractivity contribution in [2.45, 2.75) is 122 Å². The van der Waals surface area contributed by atoms with Gasteiger partial charge in [0.2, 0.25) is 0 Å². The molecule has 3 heterocycles. The van der Waals surface area contributed by atoms with E-state index in [1.807, 2.05) is 45.9 Å². The van der Waals surface area contributed by atoms with E-state index < -0.39 is 36.0 Å². The number of nitrogens with zero attached hydrogens (tertiary/aromatic N) is 2. The number of epoxide rings is 1. The number of hydrogen-bond donors (Lipinski definition) is 3. The third-order valence-corrected chi connectivity index (χ3v) is 9.99. The molecule has 0 aromatic rings. The van der Waals surface area contributed by atoms with Crippen molar-refractivity contribution >= 4 is 12.1 Å². The first-order valence-corrected chi connectivity index (χ1v) is 17.3. The van der Waals surface area contributed by atoms with Crippen LogP contribution in [0.1, 0.15) is 80.1 Å². The van der Waals surface area contributed by atoms with Gasteiger partial charge in [0.05, 0.1) is 64.6 Å². The van der Waals surface area contributed by atoms with Gasteiger partial charge in [0.15, 0.2) is 6.10 Å². The summed E-state index contributed by atoms with van der Waals surface area (Å²) < 4.78 is 18.5. The lowest BCUT2D eigenvalue weighted by Crippen LogP contribution is -2.46. The standard InChI is InChI=1S/C36H61N2O8/c1-9-29(40)27(5)34-30(44-34)22-24(2)12-10-13-25(3)33-26(4)14-15-31(36(6,43)17-16-28(39)23-32(41)46-33)45-35(42)37-18-11-20-38(7,8)21-19-37/h10,12-15,24,26-31,33-34,39-40,43H,9,11,16-23H2,1-8H3/q+1/t24-,26+,27-,28-,29+,30-,31+,33-,34-,36-/m1/s1. The van der Waals surface area contributed by atoms with Crippen LogP contribution >= 0.6 is 0 Å². The minimum atomic E-state index is -1.45. The Morgan fingerprint density at radius 2 is 1.96 bits per heavy atom. The Morgan fingerprint density at radius 3 is 2.65 bits per heavy atom. The average molecular weight is 650 g/mol. The number of carbonyl (C=O) groups excluding carboxylic acids is 2. The number of aliphatic hydroxyl groups is 3. The normalized spacial score (nSPS) is 34.9. The molecule has 1 amide bonds. The zero-order chi connectivity index (χ0) is 34.2. The lowest BCUT2D eigenvalue weighted by Gasteiger charge is -2.34. The molecule has 3 aliphatic heterocycles. The van der Waals surface area contributed by atoms with Gasteiger partial charge >= 0.3 is 12.1 Å². The molecule has 10 heteroatoms. The number of cyclic esters (lactones) is 1. The second-order valence-electron chi connectivity index (χ2n) is 14.9. The molecule has 46 heavy (non-hydrogen) atoms. The van der Waals surface area contributed by atoms with Gasteiger partial charge in [-0.15, -0.1) is 0 Å². The average Bonchev–Trinajstić information content (AvgIpc) is 3.77. The largest absolute Gasteiger partial charge is 0.457 e. The van der Waals surface area contributed by atoms with E-state index in [4.69, 9.17) is 14.2 Å². The number of aliphatic hydroxyl groups excluding tert-OH is 2. The number of carbonyl (C=O) groups is 2. The van der Waals surface area contributed by atoms with Crippen LogP contribution in [0.2, 0.25) is 0 Å². The predicted octanol–water partition coefficient (Wildman–Crippen LogP) is 4.38. The summed E-state index contributed by atoms with van der Waals surface area (Å²) in [5.41, 5.74) is -0.626. The second-order valence-corrected chi connectivity index (χ2v) is 14.9. The number of amides is 1. The van der Waals surface area contributed by atoms with Crippen LogP contribution in [-0.2, 0) is 19.0 Å². The fraction of sp³-hybridized carbons (Fsp3) is 0.778. The molecule has 2 saturated heterocycles. The molecule has 10 atom stereocenters. The SMILES string of the molecule is CC[C@H](O)[C@@H](C)[C@H]1O[C@@H]1C[C@H](C)C=CC=C(C)[C@H]1OC(=O)C[C@H](O)CC[C@@](C)(O)[C@@H](OC(=O)N2CCC[N+](C)(C)CC2)C=C[C@@H]1C. The molecule has 262 valence electrons. The van der Waals surface area contributed by atoms with Crippen molar-refractivity contribution < 1.29 is 43.6 Å². The number of hydrogen-bond acceptors (Lipinski definition) is 8. The Balaban J connectivity index is 1.72. The van der Waals surface area contributed by atoms with Gasteiger partial charge in [-0.05, 0) is 57.1 Å². The predicted molar refractivity (Wildman–Crippen MR) is 178 cm³/mol. The fourth-order valence-corrected chi connectivity index (χ4v) is 6.46. The molecule has 0 aromatic heterocycles. The van der Waals surface area contributed by atoms with Gasteiger partial charge in [-0.25, -0.2) is 4.79 Å². The van der Waals surface area contributed by atoms with Crippen molar-refractivity contribution in [3.8, 4) is 0 Å². The highest BCUT2D eigenvalue weighted by molar-refractivity contribution is 5.70. The smallest absolute Gasteiger partial charge is 0.410 e. The quantitative estimate of drug-likeness (QED) is 0.110. The van der Waals surface area contributed by atoms with Crippen molar-refractivity contribution in [1.82, 2.24) is 4.90 Å². The van der Waals surface area contributed by atoms with Gasteiger partial charge in [0, 0.05) is 24.8 Å². The Morgan fingerprint density at radius 1 is 1.24 bits per heavy atom. The third-order valence-electron chi connectivity index (χ3n) is 9.99. The van der Waals surface area contributed by atoms with Crippen LogP contribution in [-0.4, -0.2) is 119 Å². The Hall–Kier alpha value is -2.24. The number of rotatable bonds is 9. The summed E-state index contributed by atoms with van der Waals surface area (Å²) in [4.78, 5) is 27.8. The molecule has 3 rings (SSSR count). The Labute approximate surface area is 276 Å². The summed E-state index contributed by atoms with van der Waals surface area (Å²) in [6, 6.07) is 0. The van der Waals surface area contributed by atoms with Crippen LogP contribution in [0.3, 0.4) is 0 Å². The summed E-state index contributed by atoms with van der Waals surface area (Å²) in [5.74, 6) is -0.440. The zero-order valence-corrected chi connectivity index (χ0v) is 29.4. The number of ether oxygens (including phenoxy) is 3. The molecule has 10 nitrogen and oxygen atoms in total. The minimum absolute atomic E-state index is 0.0985. The first-order valence-electron chi connectivity index (χ1n) is 17.3. The van der Waals surface area contributed by atoms with Crippen molar-refractivity contribution in [2.24, 2.45) is 17.8 Å². The van der Waals surface area contributed by atoms with E-state index in [1.54, 1.807) is 17.9 Å². The van der Waals surface area contributed by atoms with Crippen LogP contribution in [0, 0.1) is 17.8 Å². The molecule has 2 fully saturated rings. The minimum Gasteiger partial charge on any atom is -0.457 e. The van der Waals surface area contributed by atoms with Gasteiger partial charge in [-0.1, -0.05) is 52.0 Å². The highest BCUT2D eigenvalue weighted by Gasteiger charge is 2.45. The Bertz CT molecular complexity index is 1100.